The van der Waals surface area contributed by atoms with Gasteiger partial charge in [0.25, 0.3) is 0 Å². The molecule has 0 aliphatic rings. The van der Waals surface area contributed by atoms with Gasteiger partial charge in [-0.05, 0) is 17.7 Å². The zero-order chi connectivity index (χ0) is 13.2. The zero-order valence-corrected chi connectivity index (χ0v) is 10.1. The normalized spacial score (nSPS) is 10.5. The van der Waals surface area contributed by atoms with Gasteiger partial charge in [-0.3, -0.25) is 9.59 Å². The van der Waals surface area contributed by atoms with Crippen molar-refractivity contribution >= 4 is 17.2 Å². The number of H-pyrrole nitrogens is 1. The largest absolute Gasteiger partial charge is 0.354 e. The fourth-order valence-electron chi connectivity index (χ4n) is 2.20. The first kappa shape index (κ1) is 11.4. The number of pyridine rings is 1. The lowest BCUT2D eigenvalue weighted by Gasteiger charge is -2.07. The number of aldehydes is 1. The first-order valence-corrected chi connectivity index (χ1v) is 5.97. The van der Waals surface area contributed by atoms with E-state index in [1.807, 2.05) is 42.5 Å². The summed E-state index contributed by atoms with van der Waals surface area (Å²) in [6.45, 7) is 0. The minimum atomic E-state index is -0.233. The maximum absolute atomic E-state index is 12.3. The third kappa shape index (κ3) is 1.85. The molecular weight excluding hydrogens is 238 g/mol. The van der Waals surface area contributed by atoms with Gasteiger partial charge in [0.15, 0.2) is 6.29 Å². The van der Waals surface area contributed by atoms with Gasteiger partial charge in [0.05, 0.1) is 11.3 Å². The molecule has 3 rings (SSSR count). The third-order valence-electron chi connectivity index (χ3n) is 3.13. The lowest BCUT2D eigenvalue weighted by molar-refractivity contribution is 0.112. The summed E-state index contributed by atoms with van der Waals surface area (Å²) in [5.74, 6) is 0. The van der Waals surface area contributed by atoms with Crippen LogP contribution in [-0.4, -0.2) is 11.3 Å². The summed E-state index contributed by atoms with van der Waals surface area (Å²) in [4.78, 5) is 26.7. The third-order valence-corrected chi connectivity index (χ3v) is 3.13. The standard InChI is InChI=1S/C16H11NO2/c18-10-13-15(11-6-2-1-3-7-11)17-14-9-5-4-8-12(14)16(13)19/h1-10H,(H,17,19). The molecule has 3 heteroatoms. The maximum atomic E-state index is 12.3. The maximum Gasteiger partial charge on any atom is 0.200 e. The second-order valence-electron chi connectivity index (χ2n) is 4.27. The smallest absolute Gasteiger partial charge is 0.200 e. The number of aromatic nitrogens is 1. The average Bonchev–Trinajstić information content (AvgIpc) is 2.48. The Labute approximate surface area is 109 Å². The van der Waals surface area contributed by atoms with Crippen LogP contribution in [-0.2, 0) is 0 Å². The van der Waals surface area contributed by atoms with E-state index in [1.54, 1.807) is 12.1 Å². The van der Waals surface area contributed by atoms with E-state index >= 15 is 0 Å². The first-order valence-electron chi connectivity index (χ1n) is 5.97. The Morgan fingerprint density at radius 1 is 0.895 bits per heavy atom. The van der Waals surface area contributed by atoms with Crippen LogP contribution < -0.4 is 5.43 Å². The van der Waals surface area contributed by atoms with Crippen LogP contribution in [0.2, 0.25) is 0 Å². The summed E-state index contributed by atoms with van der Waals surface area (Å²) < 4.78 is 0. The second-order valence-corrected chi connectivity index (χ2v) is 4.27. The van der Waals surface area contributed by atoms with Crippen LogP contribution in [0.25, 0.3) is 22.2 Å². The van der Waals surface area contributed by atoms with Gasteiger partial charge < -0.3 is 4.98 Å². The summed E-state index contributed by atoms with van der Waals surface area (Å²) in [7, 11) is 0. The van der Waals surface area contributed by atoms with E-state index in [-0.39, 0.29) is 11.0 Å². The molecule has 0 saturated heterocycles. The SMILES string of the molecule is O=Cc1c(-c2ccccc2)[nH]c2ccccc2c1=O. The van der Waals surface area contributed by atoms with Crippen molar-refractivity contribution in [3.05, 3.63) is 70.4 Å². The highest BCUT2D eigenvalue weighted by atomic mass is 16.1. The quantitative estimate of drug-likeness (QED) is 0.710. The van der Waals surface area contributed by atoms with Gasteiger partial charge >= 0.3 is 0 Å². The highest BCUT2D eigenvalue weighted by molar-refractivity contribution is 5.93. The minimum Gasteiger partial charge on any atom is -0.354 e. The Kier molecular flexibility index (Phi) is 2.72. The van der Waals surface area contributed by atoms with Gasteiger partial charge in [0, 0.05) is 10.9 Å². The molecule has 0 aliphatic carbocycles. The molecule has 0 fully saturated rings. The molecule has 1 aromatic heterocycles. The molecule has 0 bridgehead atoms. The summed E-state index contributed by atoms with van der Waals surface area (Å²) in [5.41, 5.74) is 2.07. The Hall–Kier alpha value is -2.68. The molecule has 0 aliphatic heterocycles. The Morgan fingerprint density at radius 3 is 2.32 bits per heavy atom. The molecule has 2 aromatic carbocycles. The van der Waals surface area contributed by atoms with E-state index in [9.17, 15) is 9.59 Å². The van der Waals surface area contributed by atoms with Crippen LogP contribution in [0.1, 0.15) is 10.4 Å². The number of fused-ring (bicyclic) bond motifs is 1. The molecule has 0 unspecified atom stereocenters. The number of nitrogens with one attached hydrogen (secondary N) is 1. The van der Waals surface area contributed by atoms with Gasteiger partial charge in [0.2, 0.25) is 5.43 Å². The number of rotatable bonds is 2. The molecule has 0 saturated carbocycles. The van der Waals surface area contributed by atoms with Gasteiger partial charge in [0.1, 0.15) is 0 Å². The summed E-state index contributed by atoms with van der Waals surface area (Å²) in [6, 6.07) is 16.6. The molecule has 0 radical (unpaired) electrons. The van der Waals surface area contributed by atoms with Gasteiger partial charge in [-0.1, -0.05) is 42.5 Å². The Bertz CT molecular complexity index is 804. The second kappa shape index (κ2) is 4.53. The van der Waals surface area contributed by atoms with E-state index in [0.717, 1.165) is 11.1 Å². The number of hydrogen-bond acceptors (Lipinski definition) is 2. The lowest BCUT2D eigenvalue weighted by Crippen LogP contribution is -2.12. The van der Waals surface area contributed by atoms with E-state index in [1.165, 1.54) is 0 Å². The average molecular weight is 249 g/mol. The van der Waals surface area contributed by atoms with Crippen molar-refractivity contribution in [2.45, 2.75) is 0 Å². The summed E-state index contributed by atoms with van der Waals surface area (Å²) in [5, 5.41) is 0.532. The number of aromatic amines is 1. The highest BCUT2D eigenvalue weighted by Gasteiger charge is 2.12. The monoisotopic (exact) mass is 249 g/mol. The zero-order valence-electron chi connectivity index (χ0n) is 10.1. The van der Waals surface area contributed by atoms with Crippen molar-refractivity contribution < 1.29 is 4.79 Å². The van der Waals surface area contributed by atoms with Crippen LogP contribution >= 0.6 is 0 Å². The lowest BCUT2D eigenvalue weighted by atomic mass is 10.0. The number of carbonyl (C=O) groups excluding carboxylic acids is 1. The Balaban J connectivity index is 2.42. The molecule has 0 atom stereocenters. The number of hydrogen-bond donors (Lipinski definition) is 1. The molecule has 1 N–H and O–H groups in total. The van der Waals surface area contributed by atoms with Crippen LogP contribution in [0.15, 0.2) is 59.4 Å². The van der Waals surface area contributed by atoms with E-state index in [0.29, 0.717) is 17.4 Å². The molecule has 19 heavy (non-hydrogen) atoms. The van der Waals surface area contributed by atoms with E-state index in [2.05, 4.69) is 4.98 Å². The van der Waals surface area contributed by atoms with Crippen molar-refractivity contribution in [2.75, 3.05) is 0 Å². The number of carbonyl (C=O) groups is 1. The number of benzene rings is 2. The van der Waals surface area contributed by atoms with Crippen LogP contribution in [0, 0.1) is 0 Å². The van der Waals surface area contributed by atoms with Crippen molar-refractivity contribution in [3.63, 3.8) is 0 Å². The van der Waals surface area contributed by atoms with Crippen molar-refractivity contribution in [2.24, 2.45) is 0 Å². The van der Waals surface area contributed by atoms with E-state index in [4.69, 9.17) is 0 Å². The fraction of sp³-hybridized carbons (Fsp3) is 0. The molecule has 3 nitrogen and oxygen atoms in total. The van der Waals surface area contributed by atoms with E-state index < -0.39 is 0 Å². The van der Waals surface area contributed by atoms with Crippen molar-refractivity contribution in [1.29, 1.82) is 0 Å². The number of para-hydroxylation sites is 1. The first-order chi connectivity index (χ1) is 9.31. The fourth-order valence-corrected chi connectivity index (χ4v) is 2.20. The predicted molar refractivity (Wildman–Crippen MR) is 75.4 cm³/mol. The van der Waals surface area contributed by atoms with Gasteiger partial charge in [-0.15, -0.1) is 0 Å². The van der Waals surface area contributed by atoms with Crippen LogP contribution in [0.4, 0.5) is 0 Å². The molecule has 92 valence electrons. The highest BCUT2D eigenvalue weighted by Crippen LogP contribution is 2.21. The van der Waals surface area contributed by atoms with Gasteiger partial charge in [-0.25, -0.2) is 0 Å². The molecular formula is C16H11NO2. The summed E-state index contributed by atoms with van der Waals surface area (Å²) in [6.07, 6.45) is 0.619. The molecule has 1 heterocycles. The van der Waals surface area contributed by atoms with Crippen molar-refractivity contribution in [3.8, 4) is 11.3 Å². The topological polar surface area (TPSA) is 49.9 Å². The van der Waals surface area contributed by atoms with Crippen LogP contribution in [0.5, 0.6) is 0 Å². The molecule has 0 spiro atoms. The van der Waals surface area contributed by atoms with Crippen molar-refractivity contribution in [1.82, 2.24) is 4.98 Å². The predicted octanol–water partition coefficient (Wildman–Crippen LogP) is 3.01. The molecule has 0 amide bonds. The summed E-state index contributed by atoms with van der Waals surface area (Å²) >= 11 is 0. The Morgan fingerprint density at radius 2 is 1.58 bits per heavy atom. The van der Waals surface area contributed by atoms with Gasteiger partial charge in [-0.2, -0.15) is 0 Å². The minimum absolute atomic E-state index is 0.171. The molecule has 3 aromatic rings. The van der Waals surface area contributed by atoms with Crippen LogP contribution in [0.3, 0.4) is 0 Å².